The number of rotatable bonds is 5. The summed E-state index contributed by atoms with van der Waals surface area (Å²) in [5.74, 6) is -0.175. The largest absolute Gasteiger partial charge is 0.481 e. The Balaban J connectivity index is 1.78. The smallest absolute Gasteiger partial charge is 0.317 e. The van der Waals surface area contributed by atoms with Crippen LogP contribution in [0.2, 0.25) is 0 Å². The van der Waals surface area contributed by atoms with E-state index in [-0.39, 0.29) is 11.9 Å². The average Bonchev–Trinajstić information content (AvgIpc) is 3.22. The Morgan fingerprint density at radius 3 is 2.52 bits per heavy atom. The fraction of sp³-hybridized carbons (Fsp3) is 0.875. The van der Waals surface area contributed by atoms with Crippen molar-refractivity contribution in [2.24, 2.45) is 23.2 Å². The number of carbonyl (C=O) groups is 2. The maximum Gasteiger partial charge on any atom is 0.317 e. The van der Waals surface area contributed by atoms with Gasteiger partial charge >= 0.3 is 12.0 Å². The summed E-state index contributed by atoms with van der Waals surface area (Å²) >= 11 is 0. The Morgan fingerprint density at radius 1 is 1.29 bits per heavy atom. The number of carboxylic acids is 1. The quantitative estimate of drug-likeness (QED) is 0.819. The van der Waals surface area contributed by atoms with E-state index in [0.717, 1.165) is 12.3 Å². The number of hydrogen-bond donors (Lipinski definition) is 2. The Kier molecular flexibility index (Phi) is 4.79. The van der Waals surface area contributed by atoms with Gasteiger partial charge in [0.05, 0.1) is 5.92 Å². The SMILES string of the molecule is CC1CC(C(=O)O)CN(C(=O)NCCC(C)(C)C2CC2)C1. The van der Waals surface area contributed by atoms with Crippen LogP contribution in [-0.4, -0.2) is 41.6 Å². The summed E-state index contributed by atoms with van der Waals surface area (Å²) in [5, 5.41) is 12.1. The van der Waals surface area contributed by atoms with Crippen LogP contribution in [0, 0.1) is 23.2 Å². The lowest BCUT2D eigenvalue weighted by atomic mass is 9.84. The van der Waals surface area contributed by atoms with Gasteiger partial charge in [0.25, 0.3) is 0 Å². The number of likely N-dealkylation sites (tertiary alicyclic amines) is 1. The molecule has 1 heterocycles. The monoisotopic (exact) mass is 296 g/mol. The highest BCUT2D eigenvalue weighted by molar-refractivity contribution is 5.76. The molecule has 1 saturated heterocycles. The minimum Gasteiger partial charge on any atom is -0.481 e. The molecule has 0 bridgehead atoms. The molecule has 1 saturated carbocycles. The average molecular weight is 296 g/mol. The van der Waals surface area contributed by atoms with Crippen LogP contribution in [0.3, 0.4) is 0 Å². The van der Waals surface area contributed by atoms with Crippen LogP contribution in [-0.2, 0) is 4.79 Å². The zero-order chi connectivity index (χ0) is 15.6. The van der Waals surface area contributed by atoms with Crippen molar-refractivity contribution in [1.82, 2.24) is 10.2 Å². The van der Waals surface area contributed by atoms with E-state index in [0.29, 0.717) is 31.5 Å². The summed E-state index contributed by atoms with van der Waals surface area (Å²) in [4.78, 5) is 25.0. The molecule has 2 N–H and O–H groups in total. The van der Waals surface area contributed by atoms with E-state index in [1.54, 1.807) is 4.90 Å². The standard InChI is InChI=1S/C16H28N2O3/c1-11-8-12(14(19)20)10-18(9-11)15(21)17-7-6-16(2,3)13-4-5-13/h11-13H,4-10H2,1-3H3,(H,17,21)(H,19,20). The lowest BCUT2D eigenvalue weighted by molar-refractivity contribution is -0.143. The summed E-state index contributed by atoms with van der Waals surface area (Å²) in [6.07, 6.45) is 4.26. The fourth-order valence-electron chi connectivity index (χ4n) is 3.37. The fourth-order valence-corrected chi connectivity index (χ4v) is 3.37. The first-order valence-corrected chi connectivity index (χ1v) is 8.05. The van der Waals surface area contributed by atoms with Gasteiger partial charge in [-0.15, -0.1) is 0 Å². The van der Waals surface area contributed by atoms with Crippen LogP contribution in [0.5, 0.6) is 0 Å². The van der Waals surface area contributed by atoms with Gasteiger partial charge in [0.2, 0.25) is 0 Å². The predicted octanol–water partition coefficient (Wildman–Crippen LogP) is 2.56. The van der Waals surface area contributed by atoms with Crippen LogP contribution in [0.4, 0.5) is 4.79 Å². The molecular formula is C16H28N2O3. The summed E-state index contributed by atoms with van der Waals surface area (Å²) in [5.41, 5.74) is 0.298. The second-order valence-electron chi connectivity index (χ2n) is 7.53. The molecule has 2 fully saturated rings. The first kappa shape index (κ1) is 16.1. The van der Waals surface area contributed by atoms with Gasteiger partial charge in [0, 0.05) is 19.6 Å². The minimum atomic E-state index is -0.797. The minimum absolute atomic E-state index is 0.112. The molecule has 2 atom stereocenters. The second kappa shape index (κ2) is 6.24. The number of amides is 2. The number of aliphatic carboxylic acids is 1. The molecule has 2 amide bonds. The van der Waals surface area contributed by atoms with E-state index in [4.69, 9.17) is 5.11 Å². The molecular weight excluding hydrogens is 268 g/mol. The highest BCUT2D eigenvalue weighted by Gasteiger charge is 2.37. The van der Waals surface area contributed by atoms with Crippen molar-refractivity contribution in [2.45, 2.75) is 46.5 Å². The molecule has 0 aromatic carbocycles. The molecule has 2 rings (SSSR count). The van der Waals surface area contributed by atoms with Crippen LogP contribution < -0.4 is 5.32 Å². The lowest BCUT2D eigenvalue weighted by Gasteiger charge is -2.35. The third-order valence-electron chi connectivity index (χ3n) is 5.02. The summed E-state index contributed by atoms with van der Waals surface area (Å²) < 4.78 is 0. The zero-order valence-electron chi connectivity index (χ0n) is 13.4. The summed E-state index contributed by atoms with van der Waals surface area (Å²) in [6.45, 7) is 8.19. The maximum absolute atomic E-state index is 12.2. The highest BCUT2D eigenvalue weighted by Crippen LogP contribution is 2.46. The molecule has 2 aliphatic rings. The van der Waals surface area contributed by atoms with Gasteiger partial charge in [-0.1, -0.05) is 20.8 Å². The van der Waals surface area contributed by atoms with E-state index in [1.165, 1.54) is 12.8 Å². The van der Waals surface area contributed by atoms with Crippen molar-refractivity contribution in [3.63, 3.8) is 0 Å². The molecule has 21 heavy (non-hydrogen) atoms. The van der Waals surface area contributed by atoms with Crippen molar-refractivity contribution < 1.29 is 14.7 Å². The molecule has 0 aromatic heterocycles. The maximum atomic E-state index is 12.2. The molecule has 0 spiro atoms. The molecule has 2 unspecified atom stereocenters. The Bertz CT molecular complexity index is 404. The van der Waals surface area contributed by atoms with Gasteiger partial charge < -0.3 is 15.3 Å². The molecule has 1 aliphatic carbocycles. The van der Waals surface area contributed by atoms with Crippen molar-refractivity contribution in [3.8, 4) is 0 Å². The van der Waals surface area contributed by atoms with E-state index in [9.17, 15) is 9.59 Å². The Morgan fingerprint density at radius 2 is 1.95 bits per heavy atom. The van der Waals surface area contributed by atoms with E-state index in [2.05, 4.69) is 19.2 Å². The van der Waals surface area contributed by atoms with Crippen molar-refractivity contribution >= 4 is 12.0 Å². The number of urea groups is 1. The topological polar surface area (TPSA) is 69.6 Å². The number of hydrogen-bond acceptors (Lipinski definition) is 2. The highest BCUT2D eigenvalue weighted by atomic mass is 16.4. The van der Waals surface area contributed by atoms with Gasteiger partial charge in [-0.05, 0) is 42.9 Å². The van der Waals surface area contributed by atoms with E-state index >= 15 is 0 Å². The van der Waals surface area contributed by atoms with Crippen LogP contribution in [0.15, 0.2) is 0 Å². The van der Waals surface area contributed by atoms with Crippen molar-refractivity contribution in [3.05, 3.63) is 0 Å². The van der Waals surface area contributed by atoms with Gasteiger partial charge in [0.1, 0.15) is 0 Å². The van der Waals surface area contributed by atoms with Gasteiger partial charge in [-0.3, -0.25) is 4.79 Å². The zero-order valence-corrected chi connectivity index (χ0v) is 13.4. The van der Waals surface area contributed by atoms with Crippen LogP contribution >= 0.6 is 0 Å². The number of nitrogens with one attached hydrogen (secondary N) is 1. The van der Waals surface area contributed by atoms with Gasteiger partial charge in [-0.25, -0.2) is 4.79 Å². The van der Waals surface area contributed by atoms with E-state index in [1.807, 2.05) is 6.92 Å². The lowest BCUT2D eigenvalue weighted by Crippen LogP contribution is -2.49. The molecule has 1 aliphatic heterocycles. The molecule has 5 heteroatoms. The third kappa shape index (κ3) is 4.35. The van der Waals surface area contributed by atoms with Crippen molar-refractivity contribution in [1.29, 1.82) is 0 Å². The molecule has 120 valence electrons. The molecule has 0 radical (unpaired) electrons. The van der Waals surface area contributed by atoms with E-state index < -0.39 is 11.9 Å². The number of carbonyl (C=O) groups excluding carboxylic acids is 1. The van der Waals surface area contributed by atoms with Gasteiger partial charge in [-0.2, -0.15) is 0 Å². The summed E-state index contributed by atoms with van der Waals surface area (Å²) in [6, 6.07) is -0.112. The van der Waals surface area contributed by atoms with Crippen LogP contribution in [0.25, 0.3) is 0 Å². The summed E-state index contributed by atoms with van der Waals surface area (Å²) in [7, 11) is 0. The first-order valence-electron chi connectivity index (χ1n) is 8.05. The Hall–Kier alpha value is -1.26. The number of nitrogens with zero attached hydrogens (tertiary/aromatic N) is 1. The first-order chi connectivity index (χ1) is 9.79. The van der Waals surface area contributed by atoms with Gasteiger partial charge in [0.15, 0.2) is 0 Å². The number of carboxylic acid groups (broad SMARTS) is 1. The molecule has 5 nitrogen and oxygen atoms in total. The predicted molar refractivity (Wildman–Crippen MR) is 81.0 cm³/mol. The Labute approximate surface area is 127 Å². The number of piperidine rings is 1. The second-order valence-corrected chi connectivity index (χ2v) is 7.53. The third-order valence-corrected chi connectivity index (χ3v) is 5.02. The van der Waals surface area contributed by atoms with Crippen LogP contribution in [0.1, 0.15) is 46.5 Å². The molecule has 0 aromatic rings. The van der Waals surface area contributed by atoms with Crippen molar-refractivity contribution in [2.75, 3.05) is 19.6 Å². The normalized spacial score (nSPS) is 26.5.